The van der Waals surface area contributed by atoms with Gasteiger partial charge in [-0.1, -0.05) is 19.9 Å². The number of thiazole rings is 1. The molecule has 1 aromatic carbocycles. The number of guanidine groups is 1. The van der Waals surface area contributed by atoms with E-state index in [9.17, 15) is 0 Å². The van der Waals surface area contributed by atoms with Crippen LogP contribution in [0.3, 0.4) is 0 Å². The molecule has 0 atom stereocenters. The first-order valence-corrected chi connectivity index (χ1v) is 9.46. The number of rotatable bonds is 7. The minimum Gasteiger partial charge on any atom is -0.492 e. The molecule has 1 heterocycles. The summed E-state index contributed by atoms with van der Waals surface area (Å²) in [6.45, 7) is 10.4. The molecule has 0 aliphatic heterocycles. The van der Waals surface area contributed by atoms with Crippen molar-refractivity contribution in [1.82, 2.24) is 15.6 Å². The van der Waals surface area contributed by atoms with Gasteiger partial charge in [-0.15, -0.1) is 11.3 Å². The van der Waals surface area contributed by atoms with E-state index in [0.29, 0.717) is 25.6 Å². The second kappa shape index (κ2) is 9.42. The van der Waals surface area contributed by atoms with Crippen molar-refractivity contribution in [2.45, 2.75) is 40.2 Å². The monoisotopic (exact) mass is 360 g/mol. The predicted molar refractivity (Wildman–Crippen MR) is 106 cm³/mol. The van der Waals surface area contributed by atoms with Crippen LogP contribution in [0.5, 0.6) is 5.75 Å². The molecule has 0 fully saturated rings. The van der Waals surface area contributed by atoms with Crippen LogP contribution < -0.4 is 15.4 Å². The number of nitrogens with zero attached hydrogens (tertiary/aromatic N) is 2. The van der Waals surface area contributed by atoms with Gasteiger partial charge in [0, 0.05) is 12.4 Å². The Bertz CT molecular complexity index is 689. The lowest BCUT2D eigenvalue weighted by Crippen LogP contribution is -2.38. The summed E-state index contributed by atoms with van der Waals surface area (Å²) in [6.07, 6.45) is 0. The molecule has 0 aliphatic carbocycles. The molecule has 25 heavy (non-hydrogen) atoms. The Balaban J connectivity index is 1.72. The summed E-state index contributed by atoms with van der Waals surface area (Å²) in [5.74, 6) is 2.13. The molecular weight excluding hydrogens is 332 g/mol. The summed E-state index contributed by atoms with van der Waals surface area (Å²) in [5, 5.41) is 9.73. The van der Waals surface area contributed by atoms with Gasteiger partial charge in [-0.3, -0.25) is 4.99 Å². The first kappa shape index (κ1) is 19.2. The number of benzene rings is 1. The average molecular weight is 361 g/mol. The van der Waals surface area contributed by atoms with Gasteiger partial charge in [0.2, 0.25) is 0 Å². The Morgan fingerprint density at radius 2 is 1.92 bits per heavy atom. The molecule has 0 unspecified atom stereocenters. The van der Waals surface area contributed by atoms with Gasteiger partial charge in [-0.25, -0.2) is 4.98 Å². The van der Waals surface area contributed by atoms with E-state index in [1.165, 1.54) is 11.1 Å². The Morgan fingerprint density at radius 1 is 1.20 bits per heavy atom. The lowest BCUT2D eigenvalue weighted by Gasteiger charge is -2.12. The maximum atomic E-state index is 5.80. The van der Waals surface area contributed by atoms with Crippen LogP contribution in [0.4, 0.5) is 0 Å². The highest BCUT2D eigenvalue weighted by atomic mass is 32.1. The molecule has 0 spiro atoms. The van der Waals surface area contributed by atoms with E-state index >= 15 is 0 Å². The van der Waals surface area contributed by atoms with Gasteiger partial charge >= 0.3 is 0 Å². The lowest BCUT2D eigenvalue weighted by atomic mass is 10.1. The van der Waals surface area contributed by atoms with Gasteiger partial charge in [-0.05, 0) is 43.0 Å². The smallest absolute Gasteiger partial charge is 0.191 e. The molecule has 5 nitrogen and oxygen atoms in total. The standard InChI is InChI=1S/C19H28N4OS/c1-13(2)17-12-25-18(23-17)11-22-19(20-5)21-6-7-24-16-9-14(3)8-15(4)10-16/h8-10,12-13H,6-7,11H2,1-5H3,(H2,20,21,22). The molecule has 2 rings (SSSR count). The number of aromatic nitrogens is 1. The Hall–Kier alpha value is -2.08. The molecule has 0 amide bonds. The van der Waals surface area contributed by atoms with Gasteiger partial charge in [0.15, 0.2) is 5.96 Å². The predicted octanol–water partition coefficient (Wildman–Crippen LogP) is 3.63. The molecule has 0 saturated heterocycles. The lowest BCUT2D eigenvalue weighted by molar-refractivity contribution is 0.321. The topological polar surface area (TPSA) is 58.5 Å². The van der Waals surface area contributed by atoms with Crippen molar-refractivity contribution < 1.29 is 4.74 Å². The average Bonchev–Trinajstić information content (AvgIpc) is 3.02. The Morgan fingerprint density at radius 3 is 2.52 bits per heavy atom. The van der Waals surface area contributed by atoms with Crippen LogP contribution in [0.15, 0.2) is 28.6 Å². The summed E-state index contributed by atoms with van der Waals surface area (Å²) < 4.78 is 5.80. The summed E-state index contributed by atoms with van der Waals surface area (Å²) in [5.41, 5.74) is 3.57. The quantitative estimate of drug-likeness (QED) is 0.450. The van der Waals surface area contributed by atoms with E-state index in [2.05, 4.69) is 71.9 Å². The summed E-state index contributed by atoms with van der Waals surface area (Å²) in [7, 11) is 1.77. The fourth-order valence-corrected chi connectivity index (χ4v) is 3.30. The molecule has 0 bridgehead atoms. The number of hydrogen-bond acceptors (Lipinski definition) is 4. The van der Waals surface area contributed by atoms with Gasteiger partial charge < -0.3 is 15.4 Å². The molecule has 136 valence electrons. The SMILES string of the molecule is CN=C(NCCOc1cc(C)cc(C)c1)NCc1nc(C(C)C)cs1. The third-order valence-corrected chi connectivity index (χ3v) is 4.52. The highest BCUT2D eigenvalue weighted by molar-refractivity contribution is 7.09. The minimum atomic E-state index is 0.463. The molecule has 2 aromatic rings. The van der Waals surface area contributed by atoms with E-state index < -0.39 is 0 Å². The van der Waals surface area contributed by atoms with Crippen molar-refractivity contribution >= 4 is 17.3 Å². The minimum absolute atomic E-state index is 0.463. The van der Waals surface area contributed by atoms with Crippen LogP contribution in [-0.4, -0.2) is 31.1 Å². The van der Waals surface area contributed by atoms with Crippen molar-refractivity contribution in [2.24, 2.45) is 4.99 Å². The second-order valence-corrected chi connectivity index (χ2v) is 7.29. The van der Waals surface area contributed by atoms with Crippen LogP contribution in [0.2, 0.25) is 0 Å². The van der Waals surface area contributed by atoms with E-state index in [4.69, 9.17) is 4.74 Å². The number of nitrogens with one attached hydrogen (secondary N) is 2. The molecule has 0 aliphatic rings. The van der Waals surface area contributed by atoms with Crippen molar-refractivity contribution in [3.05, 3.63) is 45.4 Å². The third kappa shape index (κ3) is 6.38. The third-order valence-electron chi connectivity index (χ3n) is 3.65. The maximum absolute atomic E-state index is 5.80. The summed E-state index contributed by atoms with van der Waals surface area (Å²) in [4.78, 5) is 8.85. The van der Waals surface area contributed by atoms with Crippen LogP contribution in [-0.2, 0) is 6.54 Å². The zero-order valence-corrected chi connectivity index (χ0v) is 16.5. The molecule has 0 saturated carbocycles. The van der Waals surface area contributed by atoms with Crippen LogP contribution in [0.25, 0.3) is 0 Å². The second-order valence-electron chi connectivity index (χ2n) is 6.35. The van der Waals surface area contributed by atoms with Gasteiger partial charge in [-0.2, -0.15) is 0 Å². The van der Waals surface area contributed by atoms with Crippen molar-refractivity contribution in [2.75, 3.05) is 20.2 Å². The Labute approximate surface area is 154 Å². The normalized spacial score (nSPS) is 11.7. The Kier molecular flexibility index (Phi) is 7.25. The molecule has 2 N–H and O–H groups in total. The van der Waals surface area contributed by atoms with Gasteiger partial charge in [0.05, 0.1) is 18.8 Å². The van der Waals surface area contributed by atoms with Crippen molar-refractivity contribution in [1.29, 1.82) is 0 Å². The van der Waals surface area contributed by atoms with Gasteiger partial charge in [0.25, 0.3) is 0 Å². The number of aryl methyl sites for hydroxylation is 2. The first-order chi connectivity index (χ1) is 12.0. The zero-order chi connectivity index (χ0) is 18.2. The van der Waals surface area contributed by atoms with Crippen molar-refractivity contribution in [3.63, 3.8) is 0 Å². The molecule has 6 heteroatoms. The first-order valence-electron chi connectivity index (χ1n) is 8.58. The molecule has 1 aromatic heterocycles. The molecule has 0 radical (unpaired) electrons. The summed E-state index contributed by atoms with van der Waals surface area (Å²) >= 11 is 1.68. The fourth-order valence-electron chi connectivity index (χ4n) is 2.41. The maximum Gasteiger partial charge on any atom is 0.191 e. The highest BCUT2D eigenvalue weighted by Gasteiger charge is 2.06. The summed E-state index contributed by atoms with van der Waals surface area (Å²) in [6, 6.07) is 6.24. The van der Waals surface area contributed by atoms with Crippen LogP contribution >= 0.6 is 11.3 Å². The van der Waals surface area contributed by atoms with Crippen LogP contribution in [0.1, 0.15) is 41.6 Å². The molecular formula is C19H28N4OS. The van der Waals surface area contributed by atoms with Crippen molar-refractivity contribution in [3.8, 4) is 5.75 Å². The number of ether oxygens (including phenoxy) is 1. The van der Waals surface area contributed by atoms with E-state index in [0.717, 1.165) is 22.4 Å². The fraction of sp³-hybridized carbons (Fsp3) is 0.474. The van der Waals surface area contributed by atoms with E-state index in [-0.39, 0.29) is 0 Å². The van der Waals surface area contributed by atoms with E-state index in [1.807, 2.05) is 0 Å². The number of hydrogen-bond donors (Lipinski definition) is 2. The van der Waals surface area contributed by atoms with Crippen LogP contribution in [0, 0.1) is 13.8 Å². The van der Waals surface area contributed by atoms with Gasteiger partial charge in [0.1, 0.15) is 17.4 Å². The largest absolute Gasteiger partial charge is 0.492 e. The number of aliphatic imine (C=N–C) groups is 1. The zero-order valence-electron chi connectivity index (χ0n) is 15.7. The van der Waals surface area contributed by atoms with E-state index in [1.54, 1.807) is 18.4 Å². The highest BCUT2D eigenvalue weighted by Crippen LogP contribution is 2.17.